The van der Waals surface area contributed by atoms with Crippen LogP contribution >= 0.6 is 0 Å². The Balaban J connectivity index is 0.908. The highest BCUT2D eigenvalue weighted by Crippen LogP contribution is 2.72. The molecule has 0 unspecified atom stereocenters. The van der Waals surface area contributed by atoms with Crippen LogP contribution in [0.5, 0.6) is 0 Å². The van der Waals surface area contributed by atoms with E-state index in [1.807, 2.05) is 0 Å². The first-order valence-corrected chi connectivity index (χ1v) is 40.0. The molecule has 0 N–H and O–H groups in total. The molecule has 0 atom stereocenters. The van der Waals surface area contributed by atoms with E-state index in [-0.39, 0.29) is 0 Å². The molecule has 532 valence electrons. The van der Waals surface area contributed by atoms with Gasteiger partial charge in [-0.05, 0) is 270 Å². The monoisotopic (exact) mass is 1440 g/mol. The summed E-state index contributed by atoms with van der Waals surface area (Å²) in [7, 11) is -4.68. The Bertz CT molecular complexity index is 5330. The molecular formula is C104H84N4OS. The molecule has 1 spiro atoms. The lowest BCUT2D eigenvalue weighted by atomic mass is 9.94. The van der Waals surface area contributed by atoms with Crippen LogP contribution in [0.25, 0.3) is 66.8 Å². The summed E-state index contributed by atoms with van der Waals surface area (Å²) in [4.78, 5) is 12.6. The zero-order valence-electron chi connectivity index (χ0n) is 63.2. The summed E-state index contributed by atoms with van der Waals surface area (Å²) in [6, 6.07) is 133. The van der Waals surface area contributed by atoms with Crippen LogP contribution in [0.1, 0.15) is 44.5 Å². The number of rotatable bonds is 16. The number of para-hydroxylation sites is 4. The smallest absolute Gasteiger partial charge is 0.0540 e. The number of benzene rings is 16. The second kappa shape index (κ2) is 27.6. The highest BCUT2D eigenvalue weighted by atomic mass is 32.3. The van der Waals surface area contributed by atoms with Gasteiger partial charge in [0.15, 0.2) is 0 Å². The van der Waals surface area contributed by atoms with E-state index in [1.165, 1.54) is 44.5 Å². The lowest BCUT2D eigenvalue weighted by Crippen LogP contribution is -2.30. The third-order valence-corrected chi connectivity index (χ3v) is 27.1. The SMILES string of the molecule is Cc1ccc(N(c2ccc(C)cc2)c2ccccc2-c2ccc3c(c2)-c2cc(-c4ccccc4N(c4ccc(C)cc4)c4ccc(C)cc4)ccc2S32(=O)c3ccc(-c4ccccc4N(c4ccc(C)cc4)c4ccc(C)cc4)cc3-c3cc(-c4ccccc4N(c4ccc(C)cc4)c4ccc(C)cc4)ccc32)cc1. The van der Waals surface area contributed by atoms with Crippen LogP contribution in [0.2, 0.25) is 0 Å². The molecule has 0 saturated carbocycles. The molecule has 2 aliphatic rings. The van der Waals surface area contributed by atoms with Gasteiger partial charge < -0.3 is 19.6 Å². The molecule has 16 aromatic rings. The summed E-state index contributed by atoms with van der Waals surface area (Å²) in [6.07, 6.45) is 0. The van der Waals surface area contributed by atoms with Gasteiger partial charge in [-0.1, -0.05) is 239 Å². The van der Waals surface area contributed by atoms with Gasteiger partial charge in [0.1, 0.15) is 0 Å². The Labute approximate surface area is 647 Å². The minimum absolute atomic E-state index is 0.787. The van der Waals surface area contributed by atoms with E-state index in [2.05, 4.69) is 439 Å². The zero-order valence-corrected chi connectivity index (χ0v) is 64.1. The first-order valence-electron chi connectivity index (χ1n) is 38.0. The van der Waals surface area contributed by atoms with E-state index in [1.54, 1.807) is 0 Å². The molecule has 110 heavy (non-hydrogen) atoms. The summed E-state index contributed by atoms with van der Waals surface area (Å²) >= 11 is 0. The zero-order chi connectivity index (χ0) is 75.0. The number of aryl methyl sites for hydroxylation is 8. The second-order valence-electron chi connectivity index (χ2n) is 29.9. The third-order valence-electron chi connectivity index (χ3n) is 22.3. The van der Waals surface area contributed by atoms with Crippen molar-refractivity contribution in [1.29, 1.82) is 0 Å². The molecule has 0 radical (unpaired) electrons. The van der Waals surface area contributed by atoms with Crippen LogP contribution in [0.4, 0.5) is 68.2 Å². The minimum Gasteiger partial charge on any atom is -0.310 e. The first kappa shape index (κ1) is 68.7. The van der Waals surface area contributed by atoms with Crippen molar-refractivity contribution in [3.05, 3.63) is 408 Å². The Kier molecular flexibility index (Phi) is 17.2. The molecule has 0 aliphatic carbocycles. The maximum absolute atomic E-state index is 19.8. The van der Waals surface area contributed by atoms with Gasteiger partial charge in [0.2, 0.25) is 0 Å². The topological polar surface area (TPSA) is 30.0 Å². The molecule has 18 rings (SSSR count). The molecule has 0 amide bonds. The minimum atomic E-state index is -4.68. The molecule has 0 saturated heterocycles. The molecule has 16 aromatic carbocycles. The average Bonchev–Trinajstić information content (AvgIpc) is 1.47. The van der Waals surface area contributed by atoms with Crippen LogP contribution < -0.4 is 19.6 Å². The summed E-state index contributed by atoms with van der Waals surface area (Å²) in [5.74, 6) is 0. The van der Waals surface area contributed by atoms with Crippen LogP contribution in [-0.2, 0) is 9.07 Å². The number of nitrogens with zero attached hydrogens (tertiary/aromatic N) is 4. The van der Waals surface area contributed by atoms with Gasteiger partial charge in [-0.2, -0.15) is 0 Å². The third kappa shape index (κ3) is 11.7. The summed E-state index contributed by atoms with van der Waals surface area (Å²) in [5.41, 5.74) is 33.9. The standard InChI is InChI=1S/C104H84N4OS/c1-69-25-45-81(46-26-69)105(82-47-27-70(2)28-48-82)97-21-13-9-17-89(97)77-41-61-101-93(65-77)94-66-78(90-18-10-14-22-98(90)106(83-49-29-71(3)30-50-83)84-51-31-72(4)32-52-84)42-62-102(94)110(101,109)103-63-43-79(91-19-11-15-23-99(91)107(85-53-33-73(5)34-54-85)86-55-35-74(6)36-56-86)67-95(103)96-68-80(44-64-104(96)110)92-20-12-16-24-100(92)108(87-57-37-75(7)38-58-87)88-59-39-76(8)40-60-88/h9-68H,1-8H3. The van der Waals surface area contributed by atoms with Crippen molar-refractivity contribution in [2.24, 2.45) is 0 Å². The van der Waals surface area contributed by atoms with Gasteiger partial charge >= 0.3 is 0 Å². The van der Waals surface area contributed by atoms with Crippen molar-refractivity contribution in [3.8, 4) is 66.8 Å². The van der Waals surface area contributed by atoms with Gasteiger partial charge in [-0.25, -0.2) is 0 Å². The van der Waals surface area contributed by atoms with E-state index in [0.29, 0.717) is 0 Å². The summed E-state index contributed by atoms with van der Waals surface area (Å²) in [5, 5.41) is 0. The Morgan fingerprint density at radius 3 is 0.491 bits per heavy atom. The number of fused-ring (bicyclic) bond motifs is 10. The van der Waals surface area contributed by atoms with E-state index in [4.69, 9.17) is 0 Å². The molecular weight excluding hydrogens is 1350 g/mol. The second-order valence-corrected chi connectivity index (χ2v) is 33.5. The predicted molar refractivity (Wildman–Crippen MR) is 463 cm³/mol. The van der Waals surface area contributed by atoms with Gasteiger partial charge in [0.05, 0.1) is 22.7 Å². The maximum atomic E-state index is 19.8. The fourth-order valence-electron chi connectivity index (χ4n) is 16.6. The van der Waals surface area contributed by atoms with Crippen molar-refractivity contribution in [2.45, 2.75) is 75.0 Å². The van der Waals surface area contributed by atoms with Crippen LogP contribution in [0, 0.1) is 55.4 Å². The molecule has 0 aromatic heterocycles. The highest BCUT2D eigenvalue weighted by Gasteiger charge is 2.58. The van der Waals surface area contributed by atoms with Gasteiger partial charge in [0.25, 0.3) is 0 Å². The molecule has 0 fully saturated rings. The van der Waals surface area contributed by atoms with Gasteiger partial charge in [-0.15, -0.1) is 0 Å². The van der Waals surface area contributed by atoms with Gasteiger partial charge in [-0.3, -0.25) is 4.21 Å². The van der Waals surface area contributed by atoms with E-state index < -0.39 is 9.07 Å². The Morgan fingerprint density at radius 1 is 0.173 bits per heavy atom. The highest BCUT2D eigenvalue weighted by molar-refractivity contribution is 8.21. The lowest BCUT2D eigenvalue weighted by molar-refractivity contribution is 0.658. The molecule has 2 aliphatic heterocycles. The molecule has 2 heterocycles. The van der Waals surface area contributed by atoms with Crippen LogP contribution in [0.3, 0.4) is 0 Å². The maximum Gasteiger partial charge on any atom is 0.0540 e. The Hall–Kier alpha value is -13.1. The molecule has 6 heteroatoms. The fraction of sp³-hybridized carbons (Fsp3) is 0.0769. The molecule has 5 nitrogen and oxygen atoms in total. The van der Waals surface area contributed by atoms with Crippen molar-refractivity contribution in [1.82, 2.24) is 0 Å². The normalized spacial score (nSPS) is 13.0. The van der Waals surface area contributed by atoms with E-state index in [9.17, 15) is 0 Å². The number of anilines is 12. The average molecular weight is 1440 g/mol. The quantitative estimate of drug-likeness (QED) is 0.0962. The van der Waals surface area contributed by atoms with Crippen LogP contribution in [-0.4, -0.2) is 4.21 Å². The summed E-state index contributed by atoms with van der Waals surface area (Å²) < 4.78 is 19.8. The molecule has 0 bridgehead atoms. The van der Waals surface area contributed by atoms with Gasteiger partial charge in [0, 0.05) is 96.4 Å². The van der Waals surface area contributed by atoms with E-state index >= 15 is 4.21 Å². The van der Waals surface area contributed by atoms with E-state index in [0.717, 1.165) is 155 Å². The summed E-state index contributed by atoms with van der Waals surface area (Å²) in [6.45, 7) is 17.1. The van der Waals surface area contributed by atoms with Crippen molar-refractivity contribution in [2.75, 3.05) is 19.6 Å². The van der Waals surface area contributed by atoms with Crippen molar-refractivity contribution >= 4 is 77.3 Å². The number of hydrogen-bond donors (Lipinski definition) is 0. The largest absolute Gasteiger partial charge is 0.310 e. The first-order chi connectivity index (χ1) is 53.6. The fourth-order valence-corrected chi connectivity index (χ4v) is 21.7. The Morgan fingerprint density at radius 2 is 0.327 bits per heavy atom. The number of hydrogen-bond acceptors (Lipinski definition) is 5. The van der Waals surface area contributed by atoms with Crippen molar-refractivity contribution < 1.29 is 4.21 Å². The predicted octanol–water partition coefficient (Wildman–Crippen LogP) is 29.0. The van der Waals surface area contributed by atoms with Crippen molar-refractivity contribution in [3.63, 3.8) is 0 Å². The lowest BCUT2D eigenvalue weighted by Gasteiger charge is -2.39. The van der Waals surface area contributed by atoms with Crippen LogP contribution in [0.15, 0.2) is 384 Å².